The van der Waals surface area contributed by atoms with Gasteiger partial charge in [0.2, 0.25) is 0 Å². The monoisotopic (exact) mass is 285 g/mol. The first-order valence-corrected chi connectivity index (χ1v) is 6.46. The molecule has 2 aromatic heterocycles. The average Bonchev–Trinajstić information content (AvgIpc) is 3.03. The summed E-state index contributed by atoms with van der Waals surface area (Å²) in [6.07, 6.45) is 7.17. The van der Waals surface area contributed by atoms with E-state index in [2.05, 4.69) is 32.5 Å². The Morgan fingerprint density at radius 2 is 2.33 bits per heavy atom. The third-order valence-corrected chi connectivity index (χ3v) is 2.63. The van der Waals surface area contributed by atoms with E-state index < -0.39 is 0 Å². The first kappa shape index (κ1) is 14.7. The number of hydrogen-bond acceptors (Lipinski definition) is 5. The summed E-state index contributed by atoms with van der Waals surface area (Å²) >= 11 is 0. The summed E-state index contributed by atoms with van der Waals surface area (Å²) in [5.74, 6) is 5.03. The maximum atomic E-state index is 11.9. The number of carbonyl (C=O) groups excluding carboxylic acids is 1. The maximum absolute atomic E-state index is 11.9. The number of nitrogens with one attached hydrogen (secondary N) is 1. The Kier molecular flexibility index (Phi) is 5.43. The van der Waals surface area contributed by atoms with Crippen LogP contribution >= 0.6 is 0 Å². The van der Waals surface area contributed by atoms with Gasteiger partial charge in [-0.2, -0.15) is 0 Å². The van der Waals surface area contributed by atoms with Gasteiger partial charge in [0.15, 0.2) is 0 Å². The van der Waals surface area contributed by atoms with Gasteiger partial charge in [-0.15, -0.1) is 5.10 Å². The Morgan fingerprint density at radius 3 is 3.10 bits per heavy atom. The Hall–Kier alpha value is -2.72. The van der Waals surface area contributed by atoms with E-state index in [-0.39, 0.29) is 12.5 Å². The first-order valence-electron chi connectivity index (χ1n) is 6.46. The third kappa shape index (κ3) is 4.71. The van der Waals surface area contributed by atoms with Gasteiger partial charge in [0.1, 0.15) is 6.61 Å². The number of carbonyl (C=O) groups is 1. The molecule has 0 aliphatic heterocycles. The lowest BCUT2D eigenvalue weighted by Gasteiger charge is -2.05. The average molecular weight is 285 g/mol. The van der Waals surface area contributed by atoms with Crippen molar-refractivity contribution in [3.63, 3.8) is 0 Å². The number of rotatable bonds is 5. The number of amides is 1. The van der Waals surface area contributed by atoms with Crippen LogP contribution in [0, 0.1) is 11.8 Å². The molecule has 0 aromatic carbocycles. The third-order valence-electron chi connectivity index (χ3n) is 2.63. The van der Waals surface area contributed by atoms with Crippen LogP contribution in [-0.4, -0.2) is 44.1 Å². The molecule has 2 heterocycles. The number of aryl methyl sites for hydroxylation is 1. The second-order valence-electron chi connectivity index (χ2n) is 4.20. The lowest BCUT2D eigenvalue weighted by atomic mass is 10.2. The normalized spacial score (nSPS) is 9.76. The number of hydrogen-bond donors (Lipinski definition) is 2. The number of nitrogens with zero attached hydrogens (tertiary/aromatic N) is 4. The Bertz CT molecular complexity index is 643. The SMILES string of the molecule is O=C(NCCCn1ccnn1)c1cncc(C#CCO)c1. The zero-order valence-electron chi connectivity index (χ0n) is 11.4. The van der Waals surface area contributed by atoms with Gasteiger partial charge in [0.25, 0.3) is 5.91 Å². The molecule has 2 rings (SSSR count). The zero-order chi connectivity index (χ0) is 14.9. The van der Waals surface area contributed by atoms with Gasteiger partial charge in [-0.1, -0.05) is 17.1 Å². The summed E-state index contributed by atoms with van der Waals surface area (Å²) in [7, 11) is 0. The molecule has 2 aromatic rings. The van der Waals surface area contributed by atoms with Gasteiger partial charge in [-0.25, -0.2) is 0 Å². The van der Waals surface area contributed by atoms with Crippen molar-refractivity contribution in [2.75, 3.05) is 13.2 Å². The van der Waals surface area contributed by atoms with E-state index in [1.807, 2.05) is 0 Å². The van der Waals surface area contributed by atoms with Crippen LogP contribution in [-0.2, 0) is 6.54 Å². The molecular weight excluding hydrogens is 270 g/mol. The fraction of sp³-hybridized carbons (Fsp3) is 0.286. The zero-order valence-corrected chi connectivity index (χ0v) is 11.4. The van der Waals surface area contributed by atoms with Crippen molar-refractivity contribution in [2.24, 2.45) is 0 Å². The molecule has 108 valence electrons. The minimum Gasteiger partial charge on any atom is -0.384 e. The first-order chi connectivity index (χ1) is 10.3. The predicted molar refractivity (Wildman–Crippen MR) is 75.2 cm³/mol. The number of pyridine rings is 1. The fourth-order valence-electron chi connectivity index (χ4n) is 1.67. The minimum atomic E-state index is -0.224. The highest BCUT2D eigenvalue weighted by Crippen LogP contribution is 2.01. The molecule has 7 heteroatoms. The largest absolute Gasteiger partial charge is 0.384 e. The van der Waals surface area contributed by atoms with E-state index >= 15 is 0 Å². The van der Waals surface area contributed by atoms with Crippen LogP contribution < -0.4 is 5.32 Å². The van der Waals surface area contributed by atoms with Crippen molar-refractivity contribution in [1.29, 1.82) is 0 Å². The van der Waals surface area contributed by atoms with Crippen LogP contribution in [0.15, 0.2) is 30.9 Å². The predicted octanol–water partition coefficient (Wildman–Crippen LogP) is -0.163. The Balaban J connectivity index is 1.82. The van der Waals surface area contributed by atoms with E-state index in [4.69, 9.17) is 5.11 Å². The van der Waals surface area contributed by atoms with Crippen LogP contribution in [0.5, 0.6) is 0 Å². The fourth-order valence-corrected chi connectivity index (χ4v) is 1.67. The summed E-state index contributed by atoms with van der Waals surface area (Å²) < 4.78 is 1.71. The molecule has 0 atom stereocenters. The molecule has 7 nitrogen and oxygen atoms in total. The van der Waals surface area contributed by atoms with Gasteiger partial charge in [0.05, 0.1) is 11.8 Å². The molecule has 0 aliphatic carbocycles. The van der Waals surface area contributed by atoms with Crippen LogP contribution in [0.3, 0.4) is 0 Å². The molecule has 0 saturated heterocycles. The molecule has 21 heavy (non-hydrogen) atoms. The van der Waals surface area contributed by atoms with E-state index in [1.165, 1.54) is 6.20 Å². The molecule has 0 bridgehead atoms. The van der Waals surface area contributed by atoms with Crippen LogP contribution in [0.4, 0.5) is 0 Å². The molecule has 0 radical (unpaired) electrons. The molecule has 0 spiro atoms. The van der Waals surface area contributed by atoms with E-state index in [9.17, 15) is 4.79 Å². The molecule has 0 aliphatic rings. The summed E-state index contributed by atoms with van der Waals surface area (Å²) in [6.45, 7) is 1.00. The maximum Gasteiger partial charge on any atom is 0.252 e. The van der Waals surface area contributed by atoms with Crippen molar-refractivity contribution in [3.8, 4) is 11.8 Å². The van der Waals surface area contributed by atoms with Crippen molar-refractivity contribution >= 4 is 5.91 Å². The van der Waals surface area contributed by atoms with E-state index in [0.29, 0.717) is 24.2 Å². The van der Waals surface area contributed by atoms with E-state index in [0.717, 1.165) is 6.42 Å². The smallest absolute Gasteiger partial charge is 0.252 e. The number of aromatic nitrogens is 4. The molecule has 0 saturated carbocycles. The summed E-state index contributed by atoms with van der Waals surface area (Å²) in [5, 5.41) is 19.0. The highest BCUT2D eigenvalue weighted by Gasteiger charge is 2.05. The van der Waals surface area contributed by atoms with Crippen molar-refractivity contribution in [2.45, 2.75) is 13.0 Å². The van der Waals surface area contributed by atoms with Crippen LogP contribution in [0.1, 0.15) is 22.3 Å². The van der Waals surface area contributed by atoms with Crippen molar-refractivity contribution < 1.29 is 9.90 Å². The highest BCUT2D eigenvalue weighted by atomic mass is 16.2. The molecular formula is C14H15N5O2. The van der Waals surface area contributed by atoms with Crippen LogP contribution in [0.25, 0.3) is 0 Å². The van der Waals surface area contributed by atoms with Crippen molar-refractivity contribution in [1.82, 2.24) is 25.3 Å². The lowest BCUT2D eigenvalue weighted by molar-refractivity contribution is 0.0952. The molecule has 0 unspecified atom stereocenters. The minimum absolute atomic E-state index is 0.200. The van der Waals surface area contributed by atoms with Gasteiger partial charge in [-0.3, -0.25) is 14.5 Å². The summed E-state index contributed by atoms with van der Waals surface area (Å²) in [4.78, 5) is 15.9. The van der Waals surface area contributed by atoms with Gasteiger partial charge in [-0.05, 0) is 12.5 Å². The summed E-state index contributed by atoms with van der Waals surface area (Å²) in [5.41, 5.74) is 1.04. The second kappa shape index (κ2) is 7.77. The Labute approximate surface area is 122 Å². The van der Waals surface area contributed by atoms with E-state index in [1.54, 1.807) is 29.3 Å². The number of aliphatic hydroxyl groups is 1. The van der Waals surface area contributed by atoms with Crippen LogP contribution in [0.2, 0.25) is 0 Å². The van der Waals surface area contributed by atoms with Crippen molar-refractivity contribution in [3.05, 3.63) is 42.0 Å². The summed E-state index contributed by atoms with van der Waals surface area (Å²) in [6, 6.07) is 1.64. The van der Waals surface area contributed by atoms with Gasteiger partial charge in [0, 0.05) is 37.2 Å². The Morgan fingerprint density at radius 1 is 1.43 bits per heavy atom. The molecule has 2 N–H and O–H groups in total. The molecule has 1 amide bonds. The topological polar surface area (TPSA) is 92.9 Å². The van der Waals surface area contributed by atoms with Gasteiger partial charge < -0.3 is 10.4 Å². The quantitative estimate of drug-likeness (QED) is 0.588. The molecule has 0 fully saturated rings. The number of aliphatic hydroxyl groups excluding tert-OH is 1. The van der Waals surface area contributed by atoms with Gasteiger partial charge >= 0.3 is 0 Å². The lowest BCUT2D eigenvalue weighted by Crippen LogP contribution is -2.25. The highest BCUT2D eigenvalue weighted by molar-refractivity contribution is 5.94. The standard InChI is InChI=1S/C14H15N5O2/c20-8-1-3-12-9-13(11-15-10-12)14(21)16-4-2-6-19-7-5-17-18-19/h5,7,9-11,20H,2,4,6,8H2,(H,16,21). The second-order valence-corrected chi connectivity index (χ2v) is 4.20.